The lowest BCUT2D eigenvalue weighted by molar-refractivity contribution is -0.143. The maximum absolute atomic E-state index is 12.5. The molecule has 4 unspecified atom stereocenters. The van der Waals surface area contributed by atoms with Crippen LogP contribution in [0.15, 0.2) is 54.6 Å². The molecule has 0 saturated heterocycles. The fraction of sp³-hybridized carbons (Fsp3) is 0.417. The number of ether oxygens (including phenoxy) is 1. The van der Waals surface area contributed by atoms with E-state index in [2.05, 4.69) is 23.5 Å². The number of aliphatic carboxylic acids is 1. The van der Waals surface area contributed by atoms with Gasteiger partial charge in [-0.3, -0.25) is 4.79 Å². The van der Waals surface area contributed by atoms with Crippen molar-refractivity contribution >= 4 is 12.1 Å². The molecule has 1 fully saturated rings. The first kappa shape index (κ1) is 19.5. The van der Waals surface area contributed by atoms with Crippen molar-refractivity contribution in [2.75, 3.05) is 0 Å². The van der Waals surface area contributed by atoms with Crippen molar-refractivity contribution in [2.24, 2.45) is 11.8 Å². The predicted octanol–water partition coefficient (Wildman–Crippen LogP) is 4.51. The molecule has 1 amide bonds. The Hall–Kier alpha value is -2.82. The van der Waals surface area contributed by atoms with Crippen molar-refractivity contribution in [3.05, 3.63) is 71.3 Å². The van der Waals surface area contributed by atoms with E-state index in [1.54, 1.807) is 0 Å². The SMILES string of the molecule is O=C(NC1CCC(C(=O)O)CC1C1CCc2ccccc21)OCc1ccccc1. The highest BCUT2D eigenvalue weighted by Crippen LogP contribution is 2.45. The smallest absolute Gasteiger partial charge is 0.407 e. The Kier molecular flexibility index (Phi) is 5.84. The molecule has 0 aliphatic heterocycles. The number of benzene rings is 2. The summed E-state index contributed by atoms with van der Waals surface area (Å²) in [6, 6.07) is 17.9. The second-order valence-electron chi connectivity index (χ2n) is 8.17. The number of hydrogen-bond donors (Lipinski definition) is 2. The van der Waals surface area contributed by atoms with Gasteiger partial charge in [-0.25, -0.2) is 4.79 Å². The zero-order valence-electron chi connectivity index (χ0n) is 16.4. The Bertz CT molecular complexity index is 866. The van der Waals surface area contributed by atoms with Crippen LogP contribution in [0.1, 0.15) is 48.3 Å². The second-order valence-corrected chi connectivity index (χ2v) is 8.17. The lowest BCUT2D eigenvalue weighted by atomic mass is 9.70. The zero-order chi connectivity index (χ0) is 20.2. The Morgan fingerprint density at radius 1 is 1.00 bits per heavy atom. The van der Waals surface area contributed by atoms with Gasteiger partial charge in [-0.05, 0) is 60.6 Å². The molecular formula is C24H27NO4. The number of carbonyl (C=O) groups excluding carboxylic acids is 1. The van der Waals surface area contributed by atoms with Crippen LogP contribution in [0.25, 0.3) is 0 Å². The number of carbonyl (C=O) groups is 2. The molecule has 0 radical (unpaired) electrons. The van der Waals surface area contributed by atoms with Gasteiger partial charge in [0.05, 0.1) is 5.92 Å². The molecule has 29 heavy (non-hydrogen) atoms. The van der Waals surface area contributed by atoms with Crippen LogP contribution in [0.2, 0.25) is 0 Å². The first-order valence-electron chi connectivity index (χ1n) is 10.4. The number of alkyl carbamates (subject to hydrolysis) is 1. The van der Waals surface area contributed by atoms with Crippen molar-refractivity contribution in [1.82, 2.24) is 5.32 Å². The van der Waals surface area contributed by atoms with Crippen molar-refractivity contribution in [2.45, 2.75) is 50.7 Å². The summed E-state index contributed by atoms with van der Waals surface area (Å²) < 4.78 is 5.42. The number of fused-ring (bicyclic) bond motifs is 1. The van der Waals surface area contributed by atoms with Crippen LogP contribution < -0.4 is 5.32 Å². The van der Waals surface area contributed by atoms with Crippen molar-refractivity contribution in [3.63, 3.8) is 0 Å². The highest BCUT2D eigenvalue weighted by molar-refractivity contribution is 5.70. The normalized spacial score (nSPS) is 25.8. The molecule has 1 saturated carbocycles. The average Bonchev–Trinajstić information content (AvgIpc) is 3.17. The highest BCUT2D eigenvalue weighted by atomic mass is 16.5. The maximum atomic E-state index is 12.5. The summed E-state index contributed by atoms with van der Waals surface area (Å²) in [5, 5.41) is 12.6. The largest absolute Gasteiger partial charge is 0.481 e. The topological polar surface area (TPSA) is 75.6 Å². The van der Waals surface area contributed by atoms with Gasteiger partial charge in [0.2, 0.25) is 0 Å². The zero-order valence-corrected chi connectivity index (χ0v) is 16.4. The molecule has 152 valence electrons. The van der Waals surface area contributed by atoms with E-state index in [0.717, 1.165) is 18.4 Å². The molecule has 0 heterocycles. The minimum atomic E-state index is -0.730. The molecule has 0 spiro atoms. The molecular weight excluding hydrogens is 366 g/mol. The monoisotopic (exact) mass is 393 g/mol. The first-order valence-corrected chi connectivity index (χ1v) is 10.4. The van der Waals surface area contributed by atoms with Gasteiger partial charge in [0.1, 0.15) is 6.61 Å². The number of hydrogen-bond acceptors (Lipinski definition) is 3. The summed E-state index contributed by atoms with van der Waals surface area (Å²) in [6.45, 7) is 0.230. The Morgan fingerprint density at radius 2 is 1.76 bits per heavy atom. The second kappa shape index (κ2) is 8.68. The fourth-order valence-corrected chi connectivity index (χ4v) is 5.00. The van der Waals surface area contributed by atoms with E-state index in [1.165, 1.54) is 11.1 Å². The third-order valence-electron chi connectivity index (χ3n) is 6.46. The van der Waals surface area contributed by atoms with Crippen LogP contribution in [-0.4, -0.2) is 23.2 Å². The number of carboxylic acids is 1. The van der Waals surface area contributed by atoms with Gasteiger partial charge >= 0.3 is 12.1 Å². The van der Waals surface area contributed by atoms with Crippen LogP contribution in [0.5, 0.6) is 0 Å². The highest BCUT2D eigenvalue weighted by Gasteiger charge is 2.41. The van der Waals surface area contributed by atoms with Crippen LogP contribution in [-0.2, 0) is 22.6 Å². The van der Waals surface area contributed by atoms with Crippen molar-refractivity contribution < 1.29 is 19.4 Å². The first-order chi connectivity index (χ1) is 14.1. The Morgan fingerprint density at radius 3 is 2.55 bits per heavy atom. The number of amides is 1. The molecule has 2 aromatic carbocycles. The third-order valence-corrected chi connectivity index (χ3v) is 6.46. The summed E-state index contributed by atoms with van der Waals surface area (Å²) in [7, 11) is 0. The van der Waals surface area contributed by atoms with E-state index >= 15 is 0 Å². The van der Waals surface area contributed by atoms with E-state index < -0.39 is 12.1 Å². The molecule has 2 aliphatic rings. The van der Waals surface area contributed by atoms with Gasteiger partial charge in [-0.2, -0.15) is 0 Å². The van der Waals surface area contributed by atoms with Crippen LogP contribution in [0.4, 0.5) is 4.79 Å². The fourth-order valence-electron chi connectivity index (χ4n) is 5.00. The van der Waals surface area contributed by atoms with E-state index in [-0.39, 0.29) is 30.4 Å². The molecule has 5 nitrogen and oxygen atoms in total. The molecule has 0 bridgehead atoms. The van der Waals surface area contributed by atoms with Crippen LogP contribution in [0, 0.1) is 11.8 Å². The Balaban J connectivity index is 1.45. The lowest BCUT2D eigenvalue weighted by Gasteiger charge is -2.38. The van der Waals surface area contributed by atoms with Crippen LogP contribution >= 0.6 is 0 Å². The van der Waals surface area contributed by atoms with Crippen LogP contribution in [0.3, 0.4) is 0 Å². The Labute approximate surface area is 171 Å². The lowest BCUT2D eigenvalue weighted by Crippen LogP contribution is -2.46. The number of carboxylic acid groups (broad SMARTS) is 1. The molecule has 2 N–H and O–H groups in total. The van der Waals surface area contributed by atoms with E-state index in [4.69, 9.17) is 4.74 Å². The summed E-state index contributed by atoms with van der Waals surface area (Å²) in [4.78, 5) is 24.1. The number of aryl methyl sites for hydroxylation is 1. The maximum Gasteiger partial charge on any atom is 0.407 e. The van der Waals surface area contributed by atoms with Gasteiger partial charge in [-0.15, -0.1) is 0 Å². The summed E-state index contributed by atoms with van der Waals surface area (Å²) in [5.41, 5.74) is 3.60. The molecule has 4 atom stereocenters. The molecule has 4 rings (SSSR count). The molecule has 5 heteroatoms. The quantitative estimate of drug-likeness (QED) is 0.784. The average molecular weight is 393 g/mol. The summed E-state index contributed by atoms with van der Waals surface area (Å²) in [6.07, 6.45) is 3.44. The molecule has 2 aliphatic carbocycles. The summed E-state index contributed by atoms with van der Waals surface area (Å²) in [5.74, 6) is -0.678. The van der Waals surface area contributed by atoms with Gasteiger partial charge in [-0.1, -0.05) is 54.6 Å². The minimum Gasteiger partial charge on any atom is -0.481 e. The molecule has 0 aromatic heterocycles. The van der Waals surface area contributed by atoms with Gasteiger partial charge in [0.15, 0.2) is 0 Å². The predicted molar refractivity (Wildman–Crippen MR) is 110 cm³/mol. The van der Waals surface area contributed by atoms with Gasteiger partial charge in [0.25, 0.3) is 0 Å². The number of nitrogens with one attached hydrogen (secondary N) is 1. The van der Waals surface area contributed by atoms with E-state index in [9.17, 15) is 14.7 Å². The minimum absolute atomic E-state index is 0.0648. The van der Waals surface area contributed by atoms with Crippen molar-refractivity contribution in [1.29, 1.82) is 0 Å². The van der Waals surface area contributed by atoms with Gasteiger partial charge in [0, 0.05) is 6.04 Å². The van der Waals surface area contributed by atoms with Crippen molar-refractivity contribution in [3.8, 4) is 0 Å². The summed E-state index contributed by atoms with van der Waals surface area (Å²) >= 11 is 0. The van der Waals surface area contributed by atoms with Gasteiger partial charge < -0.3 is 15.2 Å². The third kappa shape index (κ3) is 4.44. The standard InChI is InChI=1S/C24H27NO4/c26-23(27)18-11-13-22(25-24(28)29-15-16-6-2-1-3-7-16)21(14-18)20-12-10-17-8-4-5-9-19(17)20/h1-9,18,20-22H,10-15H2,(H,25,28)(H,26,27). The van der Waals surface area contributed by atoms with E-state index in [1.807, 2.05) is 36.4 Å². The van der Waals surface area contributed by atoms with E-state index in [0.29, 0.717) is 19.3 Å². The molecule has 2 aromatic rings. The number of rotatable bonds is 5.